The number of rotatable bonds is 5. The Morgan fingerprint density at radius 3 is 2.65 bits per heavy atom. The Morgan fingerprint density at radius 1 is 1.30 bits per heavy atom. The molecule has 1 heterocycles. The molecule has 7 heteroatoms. The average molecular weight is 376 g/mol. The van der Waals surface area contributed by atoms with E-state index >= 15 is 0 Å². The summed E-state index contributed by atoms with van der Waals surface area (Å²) < 4.78 is 27.3. The van der Waals surface area contributed by atoms with Crippen molar-refractivity contribution in [1.82, 2.24) is 4.31 Å². The normalized spacial score (nSPS) is 12.0. The maximum atomic E-state index is 12.4. The summed E-state index contributed by atoms with van der Waals surface area (Å²) in [6.45, 7) is 0.156. The molecule has 0 amide bonds. The number of hydrogen-bond donors (Lipinski definition) is 1. The van der Waals surface area contributed by atoms with E-state index in [1.165, 1.54) is 10.4 Å². The molecule has 0 saturated heterocycles. The fourth-order valence-corrected chi connectivity index (χ4v) is 4.74. The molecule has 0 aliphatic heterocycles. The summed E-state index contributed by atoms with van der Waals surface area (Å²) in [6.07, 6.45) is 0. The molecular weight excluding hydrogens is 362 g/mol. The second-order valence-corrected chi connectivity index (χ2v) is 8.63. The van der Waals surface area contributed by atoms with Gasteiger partial charge in [-0.2, -0.15) is 4.31 Å². The lowest BCUT2D eigenvalue weighted by atomic mass is 10.2. The van der Waals surface area contributed by atoms with Crippen LogP contribution in [0, 0.1) is 0 Å². The van der Waals surface area contributed by atoms with Gasteiger partial charge in [0.25, 0.3) is 10.0 Å². The maximum Gasteiger partial charge on any atom is 0.252 e. The first-order valence-electron chi connectivity index (χ1n) is 5.84. The minimum atomic E-state index is -3.51. The van der Waals surface area contributed by atoms with Gasteiger partial charge in [-0.05, 0) is 29.8 Å². The van der Waals surface area contributed by atoms with Gasteiger partial charge in [-0.3, -0.25) is 0 Å². The maximum absolute atomic E-state index is 12.4. The van der Waals surface area contributed by atoms with Gasteiger partial charge in [0, 0.05) is 22.9 Å². The van der Waals surface area contributed by atoms with E-state index in [1.54, 1.807) is 13.1 Å². The van der Waals surface area contributed by atoms with Crippen LogP contribution in [0.25, 0.3) is 0 Å². The summed E-state index contributed by atoms with van der Waals surface area (Å²) in [7, 11) is -1.96. The van der Waals surface area contributed by atoms with Gasteiger partial charge in [0.2, 0.25) is 0 Å². The minimum absolute atomic E-state index is 0.143. The van der Waals surface area contributed by atoms with Crippen molar-refractivity contribution in [3.63, 3.8) is 0 Å². The van der Waals surface area contributed by atoms with Crippen molar-refractivity contribution in [2.75, 3.05) is 7.05 Å². The highest BCUT2D eigenvalue weighted by molar-refractivity contribution is 9.10. The number of thiophene rings is 1. The Kier molecular flexibility index (Phi) is 4.98. The van der Waals surface area contributed by atoms with E-state index < -0.39 is 10.0 Å². The van der Waals surface area contributed by atoms with E-state index in [2.05, 4.69) is 15.9 Å². The molecule has 0 aliphatic carbocycles. The van der Waals surface area contributed by atoms with E-state index in [0.717, 1.165) is 21.4 Å². The average Bonchev–Trinajstić information content (AvgIpc) is 2.88. The van der Waals surface area contributed by atoms with Gasteiger partial charge < -0.3 is 5.11 Å². The molecule has 0 atom stereocenters. The van der Waals surface area contributed by atoms with Gasteiger partial charge in [-0.15, -0.1) is 11.3 Å². The molecule has 0 unspecified atom stereocenters. The number of aliphatic hydroxyl groups excluding tert-OH is 1. The summed E-state index contributed by atoms with van der Waals surface area (Å²) in [5.41, 5.74) is 0.907. The van der Waals surface area contributed by atoms with Gasteiger partial charge in [0.05, 0.1) is 6.61 Å². The van der Waals surface area contributed by atoms with Crippen molar-refractivity contribution in [1.29, 1.82) is 0 Å². The fourth-order valence-electron chi connectivity index (χ4n) is 1.71. The minimum Gasteiger partial charge on any atom is -0.391 e. The second kappa shape index (κ2) is 6.36. The topological polar surface area (TPSA) is 57.6 Å². The number of hydrogen-bond acceptors (Lipinski definition) is 4. The molecule has 0 saturated carbocycles. The van der Waals surface area contributed by atoms with Crippen LogP contribution in [-0.2, 0) is 23.2 Å². The quantitative estimate of drug-likeness (QED) is 0.873. The van der Waals surface area contributed by atoms with Crippen LogP contribution in [0.3, 0.4) is 0 Å². The SMILES string of the molecule is CN(Cc1cccc(Br)c1)S(=O)(=O)c1ccc(CO)s1. The van der Waals surface area contributed by atoms with Gasteiger partial charge in [0.15, 0.2) is 0 Å². The Morgan fingerprint density at radius 2 is 2.05 bits per heavy atom. The highest BCUT2D eigenvalue weighted by Gasteiger charge is 2.22. The molecule has 0 fully saturated rings. The van der Waals surface area contributed by atoms with E-state index in [-0.39, 0.29) is 10.8 Å². The standard InChI is InChI=1S/C13H14BrNO3S2/c1-15(8-10-3-2-4-11(14)7-10)20(17,18)13-6-5-12(9-16)19-13/h2-7,16H,8-9H2,1H3. The zero-order valence-electron chi connectivity index (χ0n) is 10.8. The Hall–Kier alpha value is -0.730. The van der Waals surface area contributed by atoms with Crippen LogP contribution >= 0.6 is 27.3 Å². The fraction of sp³-hybridized carbons (Fsp3) is 0.231. The Balaban J connectivity index is 2.21. The molecule has 108 valence electrons. The first-order chi connectivity index (χ1) is 9.43. The number of nitrogens with zero attached hydrogens (tertiary/aromatic N) is 1. The Bertz CT molecular complexity index is 697. The van der Waals surface area contributed by atoms with Crippen molar-refractivity contribution < 1.29 is 13.5 Å². The van der Waals surface area contributed by atoms with Crippen molar-refractivity contribution in [3.8, 4) is 0 Å². The molecule has 0 aliphatic rings. The van der Waals surface area contributed by atoms with E-state index in [0.29, 0.717) is 11.4 Å². The molecule has 1 aromatic heterocycles. The predicted octanol–water partition coefficient (Wildman–Crippen LogP) is 2.82. The van der Waals surface area contributed by atoms with Crippen LogP contribution in [0.2, 0.25) is 0 Å². The number of sulfonamides is 1. The van der Waals surface area contributed by atoms with Gasteiger partial charge >= 0.3 is 0 Å². The first kappa shape index (κ1) is 15.7. The van der Waals surface area contributed by atoms with Crippen LogP contribution in [0.15, 0.2) is 45.1 Å². The predicted molar refractivity (Wildman–Crippen MR) is 83.0 cm³/mol. The summed E-state index contributed by atoms with van der Waals surface area (Å²) in [4.78, 5) is 0.638. The van der Waals surface area contributed by atoms with Crippen LogP contribution < -0.4 is 0 Å². The van der Waals surface area contributed by atoms with Crippen LogP contribution in [0.5, 0.6) is 0 Å². The molecule has 0 radical (unpaired) electrons. The zero-order chi connectivity index (χ0) is 14.8. The first-order valence-corrected chi connectivity index (χ1v) is 8.89. The van der Waals surface area contributed by atoms with E-state index in [4.69, 9.17) is 5.11 Å². The van der Waals surface area contributed by atoms with Crippen molar-refractivity contribution >= 4 is 37.3 Å². The number of benzene rings is 1. The van der Waals surface area contributed by atoms with Crippen LogP contribution in [-0.4, -0.2) is 24.9 Å². The number of halogens is 1. The molecule has 4 nitrogen and oxygen atoms in total. The molecule has 0 bridgehead atoms. The third-order valence-corrected chi connectivity index (χ3v) is 6.59. The largest absolute Gasteiger partial charge is 0.391 e. The van der Waals surface area contributed by atoms with Crippen LogP contribution in [0.1, 0.15) is 10.4 Å². The van der Waals surface area contributed by atoms with E-state index in [1.807, 2.05) is 24.3 Å². The van der Waals surface area contributed by atoms with E-state index in [9.17, 15) is 8.42 Å². The van der Waals surface area contributed by atoms with Gasteiger partial charge in [-0.25, -0.2) is 8.42 Å². The summed E-state index contributed by atoms with van der Waals surface area (Å²) in [5.74, 6) is 0. The lowest BCUT2D eigenvalue weighted by molar-refractivity contribution is 0.285. The highest BCUT2D eigenvalue weighted by Crippen LogP contribution is 2.25. The monoisotopic (exact) mass is 375 g/mol. The highest BCUT2D eigenvalue weighted by atomic mass is 79.9. The Labute approximate surface area is 130 Å². The molecule has 0 spiro atoms. The smallest absolute Gasteiger partial charge is 0.252 e. The molecule has 1 N–H and O–H groups in total. The number of aliphatic hydroxyl groups is 1. The molecule has 1 aromatic carbocycles. The zero-order valence-corrected chi connectivity index (χ0v) is 14.0. The summed E-state index contributed by atoms with van der Waals surface area (Å²) >= 11 is 4.46. The molecule has 20 heavy (non-hydrogen) atoms. The molecule has 2 rings (SSSR count). The third-order valence-electron chi connectivity index (χ3n) is 2.75. The summed E-state index contributed by atoms with van der Waals surface area (Å²) in [5, 5.41) is 9.02. The molecular formula is C13H14BrNO3S2. The molecule has 2 aromatic rings. The second-order valence-electron chi connectivity index (χ2n) is 4.27. The third kappa shape index (κ3) is 3.48. The van der Waals surface area contributed by atoms with Crippen molar-refractivity contribution in [2.24, 2.45) is 0 Å². The van der Waals surface area contributed by atoms with Crippen molar-refractivity contribution in [2.45, 2.75) is 17.4 Å². The lowest BCUT2D eigenvalue weighted by Crippen LogP contribution is -2.25. The van der Waals surface area contributed by atoms with Gasteiger partial charge in [0.1, 0.15) is 4.21 Å². The van der Waals surface area contributed by atoms with Crippen LogP contribution in [0.4, 0.5) is 0 Å². The lowest BCUT2D eigenvalue weighted by Gasteiger charge is -2.16. The van der Waals surface area contributed by atoms with Gasteiger partial charge in [-0.1, -0.05) is 28.1 Å². The summed E-state index contributed by atoms with van der Waals surface area (Å²) in [6, 6.07) is 10.7. The van der Waals surface area contributed by atoms with Crippen molar-refractivity contribution in [3.05, 3.63) is 51.3 Å².